The van der Waals surface area contributed by atoms with E-state index in [1.165, 1.54) is 0 Å². The summed E-state index contributed by atoms with van der Waals surface area (Å²) in [6, 6.07) is 0. The maximum absolute atomic E-state index is 12.3. The molecule has 0 fully saturated rings. The standard InChI is InChI=1S/C30H56O6/c1-24(2)16-10-7-13-19-28(31)34-22-27(36-30(33)21-15-9-12-18-26(5)6)23-35-29(32)20-14-8-11-17-25(3)4/h24-27H,7-23H2,1-6H3. The van der Waals surface area contributed by atoms with Gasteiger partial charge in [0.2, 0.25) is 0 Å². The van der Waals surface area contributed by atoms with Gasteiger partial charge in [-0.25, -0.2) is 0 Å². The molecule has 0 aliphatic carbocycles. The number of hydrogen-bond acceptors (Lipinski definition) is 6. The second kappa shape index (κ2) is 22.6. The third kappa shape index (κ3) is 24.1. The summed E-state index contributed by atoms with van der Waals surface area (Å²) in [6.45, 7) is 13.0. The molecule has 0 rings (SSSR count). The average molecular weight is 513 g/mol. The first kappa shape index (κ1) is 34.4. The summed E-state index contributed by atoms with van der Waals surface area (Å²) in [6.07, 6.45) is 12.4. The van der Waals surface area contributed by atoms with Crippen LogP contribution in [0.15, 0.2) is 0 Å². The van der Waals surface area contributed by atoms with Crippen molar-refractivity contribution < 1.29 is 28.6 Å². The molecule has 0 aromatic carbocycles. The monoisotopic (exact) mass is 512 g/mol. The van der Waals surface area contributed by atoms with E-state index in [9.17, 15) is 14.4 Å². The Labute approximate surface area is 221 Å². The van der Waals surface area contributed by atoms with Crippen molar-refractivity contribution >= 4 is 17.9 Å². The molecule has 0 spiro atoms. The summed E-state index contributed by atoms with van der Waals surface area (Å²) in [5, 5.41) is 0. The smallest absolute Gasteiger partial charge is 0.306 e. The average Bonchev–Trinajstić information content (AvgIpc) is 2.79. The molecule has 0 unspecified atom stereocenters. The zero-order valence-corrected chi connectivity index (χ0v) is 24.3. The second-order valence-electron chi connectivity index (χ2n) is 11.5. The van der Waals surface area contributed by atoms with Gasteiger partial charge in [-0.15, -0.1) is 0 Å². The van der Waals surface area contributed by atoms with Crippen LogP contribution in [0.1, 0.15) is 138 Å². The van der Waals surface area contributed by atoms with Gasteiger partial charge in [-0.3, -0.25) is 14.4 Å². The van der Waals surface area contributed by atoms with Gasteiger partial charge in [-0.05, 0) is 37.0 Å². The van der Waals surface area contributed by atoms with Gasteiger partial charge >= 0.3 is 17.9 Å². The summed E-state index contributed by atoms with van der Waals surface area (Å²) >= 11 is 0. The normalized spacial score (nSPS) is 11.5. The van der Waals surface area contributed by atoms with Crippen LogP contribution < -0.4 is 0 Å². The van der Waals surface area contributed by atoms with E-state index in [4.69, 9.17) is 14.2 Å². The lowest BCUT2D eigenvalue weighted by Gasteiger charge is -2.18. The largest absolute Gasteiger partial charge is 0.462 e. The van der Waals surface area contributed by atoms with Crippen LogP contribution in [0.2, 0.25) is 0 Å². The van der Waals surface area contributed by atoms with Crippen molar-refractivity contribution in [2.75, 3.05) is 13.2 Å². The molecule has 6 heteroatoms. The van der Waals surface area contributed by atoms with Crippen LogP contribution >= 0.6 is 0 Å². The highest BCUT2D eigenvalue weighted by Gasteiger charge is 2.19. The van der Waals surface area contributed by atoms with Crippen LogP contribution in [-0.2, 0) is 28.6 Å². The Hall–Kier alpha value is -1.59. The quantitative estimate of drug-likeness (QED) is 0.0789. The van der Waals surface area contributed by atoms with Crippen LogP contribution in [0.3, 0.4) is 0 Å². The summed E-state index contributed by atoms with van der Waals surface area (Å²) in [7, 11) is 0. The molecule has 0 amide bonds. The van der Waals surface area contributed by atoms with Crippen molar-refractivity contribution in [2.24, 2.45) is 17.8 Å². The minimum atomic E-state index is -0.761. The molecule has 0 aliphatic rings. The van der Waals surface area contributed by atoms with Gasteiger partial charge in [0, 0.05) is 19.3 Å². The lowest BCUT2D eigenvalue weighted by Crippen LogP contribution is -2.30. The zero-order valence-electron chi connectivity index (χ0n) is 24.3. The van der Waals surface area contributed by atoms with Crippen LogP contribution in [0.5, 0.6) is 0 Å². The van der Waals surface area contributed by atoms with Crippen molar-refractivity contribution in [3.63, 3.8) is 0 Å². The molecule has 0 aromatic rings. The van der Waals surface area contributed by atoms with E-state index in [0.717, 1.165) is 77.0 Å². The van der Waals surface area contributed by atoms with Gasteiger partial charge in [-0.2, -0.15) is 0 Å². The van der Waals surface area contributed by atoms with Crippen molar-refractivity contribution in [3.05, 3.63) is 0 Å². The molecule has 0 heterocycles. The third-order valence-electron chi connectivity index (χ3n) is 6.15. The molecule has 0 aromatic heterocycles. The fraction of sp³-hybridized carbons (Fsp3) is 0.900. The SMILES string of the molecule is CC(C)CCCCCC(=O)OCC(COC(=O)CCCCCC(C)C)OC(=O)CCCCCC(C)C. The molecule has 212 valence electrons. The lowest BCUT2D eigenvalue weighted by atomic mass is 10.0. The maximum Gasteiger partial charge on any atom is 0.306 e. The molecule has 36 heavy (non-hydrogen) atoms. The minimum Gasteiger partial charge on any atom is -0.462 e. The number of hydrogen-bond donors (Lipinski definition) is 0. The fourth-order valence-corrected chi connectivity index (χ4v) is 3.87. The number of carbonyl (C=O) groups is 3. The molecule has 0 aliphatic heterocycles. The molecular formula is C30H56O6. The predicted octanol–water partition coefficient (Wildman–Crippen LogP) is 7.80. The molecule has 0 atom stereocenters. The Bertz CT molecular complexity index is 536. The number of esters is 3. The number of rotatable bonds is 23. The first-order valence-electron chi connectivity index (χ1n) is 14.6. The first-order valence-corrected chi connectivity index (χ1v) is 14.6. The van der Waals surface area contributed by atoms with Crippen molar-refractivity contribution in [3.8, 4) is 0 Å². The van der Waals surface area contributed by atoms with E-state index < -0.39 is 6.10 Å². The zero-order chi connectivity index (χ0) is 27.2. The first-order chi connectivity index (χ1) is 17.1. The number of ether oxygens (including phenoxy) is 3. The van der Waals surface area contributed by atoms with Crippen LogP contribution in [-0.4, -0.2) is 37.2 Å². The summed E-state index contributed by atoms with van der Waals surface area (Å²) in [5.41, 5.74) is 0. The van der Waals surface area contributed by atoms with Crippen LogP contribution in [0.4, 0.5) is 0 Å². The van der Waals surface area contributed by atoms with Gasteiger partial charge < -0.3 is 14.2 Å². The molecule has 0 saturated heterocycles. The van der Waals surface area contributed by atoms with E-state index in [1.54, 1.807) is 0 Å². The van der Waals surface area contributed by atoms with Gasteiger partial charge in [0.05, 0.1) is 0 Å². The topological polar surface area (TPSA) is 78.9 Å². The fourth-order valence-electron chi connectivity index (χ4n) is 3.87. The molecule has 6 nitrogen and oxygen atoms in total. The number of unbranched alkanes of at least 4 members (excludes halogenated alkanes) is 6. The minimum absolute atomic E-state index is 0.0778. The maximum atomic E-state index is 12.3. The van der Waals surface area contributed by atoms with E-state index >= 15 is 0 Å². The van der Waals surface area contributed by atoms with E-state index in [-0.39, 0.29) is 31.1 Å². The van der Waals surface area contributed by atoms with Crippen molar-refractivity contribution in [1.29, 1.82) is 0 Å². The molecule has 0 saturated carbocycles. The highest BCUT2D eigenvalue weighted by molar-refractivity contribution is 5.71. The third-order valence-corrected chi connectivity index (χ3v) is 6.15. The van der Waals surface area contributed by atoms with Gasteiger partial charge in [-0.1, -0.05) is 99.3 Å². The Balaban J connectivity index is 4.43. The molecular weight excluding hydrogens is 456 g/mol. The highest BCUT2D eigenvalue weighted by atomic mass is 16.6. The van der Waals surface area contributed by atoms with Gasteiger partial charge in [0.25, 0.3) is 0 Å². The van der Waals surface area contributed by atoms with E-state index in [0.29, 0.717) is 37.0 Å². The van der Waals surface area contributed by atoms with Crippen LogP contribution in [0, 0.1) is 17.8 Å². The van der Waals surface area contributed by atoms with Gasteiger partial charge in [0.15, 0.2) is 6.10 Å². The summed E-state index contributed by atoms with van der Waals surface area (Å²) < 4.78 is 16.2. The Morgan fingerprint density at radius 1 is 0.472 bits per heavy atom. The second-order valence-corrected chi connectivity index (χ2v) is 11.5. The van der Waals surface area contributed by atoms with E-state index in [1.807, 2.05) is 0 Å². The predicted molar refractivity (Wildman–Crippen MR) is 146 cm³/mol. The Kier molecular flexibility index (Phi) is 21.6. The Morgan fingerprint density at radius 2 is 0.806 bits per heavy atom. The molecule has 0 N–H and O–H groups in total. The summed E-state index contributed by atoms with van der Waals surface area (Å²) in [4.78, 5) is 36.6. The molecule has 0 bridgehead atoms. The van der Waals surface area contributed by atoms with Crippen molar-refractivity contribution in [1.82, 2.24) is 0 Å². The van der Waals surface area contributed by atoms with Gasteiger partial charge in [0.1, 0.15) is 13.2 Å². The van der Waals surface area contributed by atoms with Crippen molar-refractivity contribution in [2.45, 2.75) is 144 Å². The lowest BCUT2D eigenvalue weighted by molar-refractivity contribution is -0.167. The number of carbonyl (C=O) groups excluding carboxylic acids is 3. The van der Waals surface area contributed by atoms with E-state index in [2.05, 4.69) is 41.5 Å². The molecule has 0 radical (unpaired) electrons. The van der Waals surface area contributed by atoms with Crippen LogP contribution in [0.25, 0.3) is 0 Å². The summed E-state index contributed by atoms with van der Waals surface area (Å²) in [5.74, 6) is 1.07. The Morgan fingerprint density at radius 3 is 1.14 bits per heavy atom. The highest BCUT2D eigenvalue weighted by Crippen LogP contribution is 2.13.